The molecule has 0 bridgehead atoms. The van der Waals surface area contributed by atoms with E-state index in [2.05, 4.69) is 20.9 Å². The Morgan fingerprint density at radius 3 is 2.77 bits per heavy atom. The predicted octanol–water partition coefficient (Wildman–Crippen LogP) is 2.97. The van der Waals surface area contributed by atoms with E-state index in [0.29, 0.717) is 10.5 Å². The van der Waals surface area contributed by atoms with Crippen molar-refractivity contribution in [1.29, 1.82) is 0 Å². The van der Waals surface area contributed by atoms with Crippen molar-refractivity contribution in [3.63, 3.8) is 0 Å². The third-order valence-corrected chi connectivity index (χ3v) is 1.69. The fraction of sp³-hybridized carbons (Fsp3) is 0.444. The van der Waals surface area contributed by atoms with Gasteiger partial charge in [-0.2, -0.15) is 0 Å². The van der Waals surface area contributed by atoms with Crippen molar-refractivity contribution in [3.05, 3.63) is 22.8 Å². The Bertz CT molecular complexity index is 285. The standard InChI is InChI=1S/C9H11BrFNO/c1-9(2,11)6-13-8-5-3-4-7(10)12-8/h3-5H,6H2,1-2H3. The van der Waals surface area contributed by atoms with Crippen LogP contribution in [0.15, 0.2) is 22.8 Å². The van der Waals surface area contributed by atoms with Gasteiger partial charge < -0.3 is 4.74 Å². The molecule has 0 saturated carbocycles. The molecule has 1 aromatic heterocycles. The van der Waals surface area contributed by atoms with E-state index in [9.17, 15) is 4.39 Å². The number of aromatic nitrogens is 1. The average molecular weight is 248 g/mol. The molecule has 0 aliphatic heterocycles. The van der Waals surface area contributed by atoms with E-state index in [1.165, 1.54) is 13.8 Å². The van der Waals surface area contributed by atoms with E-state index in [0.717, 1.165) is 0 Å². The fourth-order valence-electron chi connectivity index (χ4n) is 0.716. The second-order valence-electron chi connectivity index (χ2n) is 3.31. The molecule has 0 atom stereocenters. The zero-order valence-electron chi connectivity index (χ0n) is 7.55. The minimum absolute atomic E-state index is 0.0104. The highest BCUT2D eigenvalue weighted by Crippen LogP contribution is 2.15. The van der Waals surface area contributed by atoms with Gasteiger partial charge in [0.25, 0.3) is 0 Å². The Labute approximate surface area is 85.3 Å². The molecule has 72 valence electrons. The van der Waals surface area contributed by atoms with Crippen LogP contribution in [0.25, 0.3) is 0 Å². The minimum atomic E-state index is -1.33. The highest BCUT2D eigenvalue weighted by Gasteiger charge is 2.16. The lowest BCUT2D eigenvalue weighted by Crippen LogP contribution is -2.22. The Morgan fingerprint density at radius 2 is 2.23 bits per heavy atom. The molecule has 0 saturated heterocycles. The van der Waals surface area contributed by atoms with Crippen LogP contribution in [-0.2, 0) is 0 Å². The molecule has 1 heterocycles. The van der Waals surface area contributed by atoms with E-state index in [4.69, 9.17) is 4.74 Å². The molecule has 0 aliphatic carbocycles. The van der Waals surface area contributed by atoms with Crippen LogP contribution in [0.1, 0.15) is 13.8 Å². The molecule has 0 aromatic carbocycles. The highest BCUT2D eigenvalue weighted by molar-refractivity contribution is 9.10. The number of ether oxygens (including phenoxy) is 1. The molecular formula is C9H11BrFNO. The Hall–Kier alpha value is -0.640. The molecule has 0 aliphatic rings. The van der Waals surface area contributed by atoms with Gasteiger partial charge in [-0.15, -0.1) is 0 Å². The van der Waals surface area contributed by atoms with Crippen LogP contribution in [0, 0.1) is 0 Å². The molecule has 0 unspecified atom stereocenters. The van der Waals surface area contributed by atoms with E-state index >= 15 is 0 Å². The van der Waals surface area contributed by atoms with Gasteiger partial charge >= 0.3 is 0 Å². The summed E-state index contributed by atoms with van der Waals surface area (Å²) >= 11 is 3.20. The monoisotopic (exact) mass is 247 g/mol. The van der Waals surface area contributed by atoms with Crippen molar-refractivity contribution in [2.75, 3.05) is 6.61 Å². The number of alkyl halides is 1. The molecule has 0 fully saturated rings. The second-order valence-corrected chi connectivity index (χ2v) is 4.12. The van der Waals surface area contributed by atoms with Gasteiger partial charge in [0.05, 0.1) is 0 Å². The summed E-state index contributed by atoms with van der Waals surface area (Å²) in [5, 5.41) is 0. The summed E-state index contributed by atoms with van der Waals surface area (Å²) in [6.45, 7) is 2.94. The maximum absolute atomic E-state index is 13.0. The van der Waals surface area contributed by atoms with Crippen molar-refractivity contribution >= 4 is 15.9 Å². The van der Waals surface area contributed by atoms with E-state index in [1.54, 1.807) is 18.2 Å². The zero-order chi connectivity index (χ0) is 9.90. The van der Waals surface area contributed by atoms with Gasteiger partial charge in [0, 0.05) is 6.07 Å². The summed E-state index contributed by atoms with van der Waals surface area (Å²) in [6, 6.07) is 5.27. The third kappa shape index (κ3) is 4.22. The van der Waals surface area contributed by atoms with E-state index in [-0.39, 0.29) is 6.61 Å². The lowest BCUT2D eigenvalue weighted by atomic mass is 10.2. The first-order valence-corrected chi connectivity index (χ1v) is 4.71. The maximum atomic E-state index is 13.0. The van der Waals surface area contributed by atoms with Crippen LogP contribution in [0.3, 0.4) is 0 Å². The van der Waals surface area contributed by atoms with Crippen LogP contribution in [0.5, 0.6) is 5.88 Å². The molecule has 0 spiro atoms. The van der Waals surface area contributed by atoms with E-state index < -0.39 is 5.67 Å². The smallest absolute Gasteiger partial charge is 0.214 e. The predicted molar refractivity (Wildman–Crippen MR) is 52.6 cm³/mol. The first kappa shape index (κ1) is 10.4. The first-order valence-electron chi connectivity index (χ1n) is 3.92. The third-order valence-electron chi connectivity index (χ3n) is 1.25. The van der Waals surface area contributed by atoms with Crippen LogP contribution < -0.4 is 4.74 Å². The molecule has 0 amide bonds. The lowest BCUT2D eigenvalue weighted by Gasteiger charge is -2.14. The quantitative estimate of drug-likeness (QED) is 0.767. The number of nitrogens with zero attached hydrogens (tertiary/aromatic N) is 1. The van der Waals surface area contributed by atoms with Crippen LogP contribution in [0.4, 0.5) is 4.39 Å². The van der Waals surface area contributed by atoms with Gasteiger partial charge in [-0.05, 0) is 35.8 Å². The van der Waals surface area contributed by atoms with Crippen molar-refractivity contribution < 1.29 is 9.13 Å². The SMILES string of the molecule is CC(C)(F)COc1cccc(Br)n1. The molecule has 0 radical (unpaired) electrons. The molecule has 1 aromatic rings. The van der Waals surface area contributed by atoms with Gasteiger partial charge in [0.1, 0.15) is 16.9 Å². The molecule has 4 heteroatoms. The van der Waals surface area contributed by atoms with Crippen molar-refractivity contribution in [1.82, 2.24) is 4.98 Å². The average Bonchev–Trinajstić information content (AvgIpc) is 2.00. The topological polar surface area (TPSA) is 22.1 Å². The Balaban J connectivity index is 2.55. The maximum Gasteiger partial charge on any atom is 0.214 e. The summed E-state index contributed by atoms with van der Waals surface area (Å²) < 4.78 is 18.8. The molecule has 2 nitrogen and oxygen atoms in total. The van der Waals surface area contributed by atoms with Gasteiger partial charge in [-0.1, -0.05) is 6.07 Å². The Morgan fingerprint density at radius 1 is 1.54 bits per heavy atom. The summed E-state index contributed by atoms with van der Waals surface area (Å²) in [5.41, 5.74) is -1.33. The van der Waals surface area contributed by atoms with Crippen molar-refractivity contribution in [2.24, 2.45) is 0 Å². The van der Waals surface area contributed by atoms with Gasteiger partial charge in [0.15, 0.2) is 0 Å². The van der Waals surface area contributed by atoms with Gasteiger partial charge in [0.2, 0.25) is 5.88 Å². The number of hydrogen-bond acceptors (Lipinski definition) is 2. The largest absolute Gasteiger partial charge is 0.474 e. The molecule has 1 rings (SSSR count). The van der Waals surface area contributed by atoms with E-state index in [1.807, 2.05) is 0 Å². The van der Waals surface area contributed by atoms with Crippen molar-refractivity contribution in [3.8, 4) is 5.88 Å². The number of hydrogen-bond donors (Lipinski definition) is 0. The normalized spacial score (nSPS) is 11.4. The van der Waals surface area contributed by atoms with Gasteiger partial charge in [-0.3, -0.25) is 0 Å². The molecule has 13 heavy (non-hydrogen) atoms. The molecular weight excluding hydrogens is 237 g/mol. The fourth-order valence-corrected chi connectivity index (χ4v) is 1.04. The van der Waals surface area contributed by atoms with Crippen LogP contribution in [0.2, 0.25) is 0 Å². The summed E-state index contributed by atoms with van der Waals surface area (Å²) in [5.74, 6) is 0.431. The highest BCUT2D eigenvalue weighted by atomic mass is 79.9. The first-order chi connectivity index (χ1) is 5.97. The number of rotatable bonds is 3. The molecule has 0 N–H and O–H groups in total. The van der Waals surface area contributed by atoms with Crippen LogP contribution >= 0.6 is 15.9 Å². The minimum Gasteiger partial charge on any atom is -0.474 e. The van der Waals surface area contributed by atoms with Gasteiger partial charge in [-0.25, -0.2) is 9.37 Å². The van der Waals surface area contributed by atoms with Crippen molar-refractivity contribution in [2.45, 2.75) is 19.5 Å². The summed E-state index contributed by atoms with van der Waals surface area (Å²) in [6.07, 6.45) is 0. The van der Waals surface area contributed by atoms with Crippen LogP contribution in [-0.4, -0.2) is 17.3 Å². The zero-order valence-corrected chi connectivity index (χ0v) is 9.14. The summed E-state index contributed by atoms with van der Waals surface area (Å²) in [7, 11) is 0. The lowest BCUT2D eigenvalue weighted by molar-refractivity contribution is 0.117. The summed E-state index contributed by atoms with van der Waals surface area (Å²) in [4.78, 5) is 4.00. The second kappa shape index (κ2) is 4.05. The number of halogens is 2. The Kier molecular flexibility index (Phi) is 3.25. The number of pyridine rings is 1.